The Balaban J connectivity index is 5.23. The predicted molar refractivity (Wildman–Crippen MR) is 64.5 cm³/mol. The molecule has 0 aromatic heterocycles. The zero-order valence-corrected chi connectivity index (χ0v) is 11.5. The number of carbonyl (C=O) groups excluding carboxylic acids is 1. The second-order valence-corrected chi connectivity index (χ2v) is 6.41. The van der Waals surface area contributed by atoms with Crippen molar-refractivity contribution in [2.45, 2.75) is 34.6 Å². The first-order chi connectivity index (χ1) is 7.29. The molecule has 0 unspecified atom stereocenters. The highest BCUT2D eigenvalue weighted by Crippen LogP contribution is 2.55. The molecule has 0 aliphatic rings. The van der Waals surface area contributed by atoms with Crippen LogP contribution in [0.4, 0.5) is 0 Å². The van der Waals surface area contributed by atoms with Crippen LogP contribution < -0.4 is 0 Å². The molecule has 0 saturated carbocycles. The lowest BCUT2D eigenvalue weighted by Gasteiger charge is -2.20. The standard InChI is InChI=1S/C11H21O4P/c1-6-14-16(13,15-7-2)10(9-12)8-11(3,4)5/h8-9H,6-7H2,1-5H3/b10-8+. The molecule has 0 saturated heterocycles. The second-order valence-electron chi connectivity index (χ2n) is 4.39. The van der Waals surface area contributed by atoms with E-state index in [4.69, 9.17) is 9.05 Å². The maximum atomic E-state index is 12.3. The average molecular weight is 248 g/mol. The van der Waals surface area contributed by atoms with Crippen molar-refractivity contribution >= 4 is 13.9 Å². The predicted octanol–water partition coefficient (Wildman–Crippen LogP) is 3.38. The van der Waals surface area contributed by atoms with Gasteiger partial charge in [-0.15, -0.1) is 0 Å². The fourth-order valence-electron chi connectivity index (χ4n) is 1.15. The molecule has 16 heavy (non-hydrogen) atoms. The summed E-state index contributed by atoms with van der Waals surface area (Å²) in [5.41, 5.74) is -0.250. The van der Waals surface area contributed by atoms with Gasteiger partial charge in [0, 0.05) is 0 Å². The molecule has 0 spiro atoms. The summed E-state index contributed by atoms with van der Waals surface area (Å²) in [4.78, 5) is 11.0. The largest absolute Gasteiger partial charge is 0.364 e. The van der Waals surface area contributed by atoms with Crippen LogP contribution in [0.25, 0.3) is 0 Å². The number of aldehydes is 1. The monoisotopic (exact) mass is 248 g/mol. The summed E-state index contributed by atoms with van der Waals surface area (Å²) >= 11 is 0. The lowest BCUT2D eigenvalue weighted by molar-refractivity contribution is -0.104. The van der Waals surface area contributed by atoms with Crippen LogP contribution in [0.2, 0.25) is 0 Å². The van der Waals surface area contributed by atoms with Gasteiger partial charge in [-0.25, -0.2) is 0 Å². The maximum absolute atomic E-state index is 12.3. The molecule has 0 rings (SSSR count). The van der Waals surface area contributed by atoms with Crippen LogP contribution in [0, 0.1) is 5.41 Å². The van der Waals surface area contributed by atoms with E-state index in [0.717, 1.165) is 0 Å². The molecule has 0 aliphatic carbocycles. The van der Waals surface area contributed by atoms with Crippen molar-refractivity contribution in [2.24, 2.45) is 5.41 Å². The van der Waals surface area contributed by atoms with Crippen LogP contribution in [0.5, 0.6) is 0 Å². The third-order valence-corrected chi connectivity index (χ3v) is 3.68. The van der Waals surface area contributed by atoms with E-state index in [2.05, 4.69) is 0 Å². The third kappa shape index (κ3) is 5.06. The SMILES string of the molecule is CCOP(=O)(OCC)/C(C=O)=C/C(C)(C)C. The number of hydrogen-bond acceptors (Lipinski definition) is 4. The zero-order valence-electron chi connectivity index (χ0n) is 10.6. The number of rotatable bonds is 6. The quantitative estimate of drug-likeness (QED) is 0.411. The molecule has 0 atom stereocenters. The summed E-state index contributed by atoms with van der Waals surface area (Å²) in [6, 6.07) is 0. The van der Waals surface area contributed by atoms with Crippen molar-refractivity contribution in [1.82, 2.24) is 0 Å². The van der Waals surface area contributed by atoms with E-state index in [-0.39, 0.29) is 23.9 Å². The minimum Gasteiger partial charge on any atom is -0.305 e. The first-order valence-corrected chi connectivity index (χ1v) is 6.91. The Bertz CT molecular complexity index is 292. The molecule has 0 bridgehead atoms. The van der Waals surface area contributed by atoms with Crippen LogP contribution in [0.3, 0.4) is 0 Å². The Hall–Kier alpha value is -0.440. The molecule has 0 aromatic carbocycles. The molecule has 0 heterocycles. The summed E-state index contributed by atoms with van der Waals surface area (Å²) in [6.45, 7) is 9.66. The molecule has 0 aromatic rings. The summed E-state index contributed by atoms with van der Waals surface area (Å²) in [6.07, 6.45) is 2.18. The van der Waals surface area contributed by atoms with E-state index in [9.17, 15) is 9.36 Å². The molecule has 0 amide bonds. The van der Waals surface area contributed by atoms with Gasteiger partial charge in [0.2, 0.25) is 0 Å². The first-order valence-electron chi connectivity index (χ1n) is 5.36. The van der Waals surface area contributed by atoms with Crippen LogP contribution in [0.15, 0.2) is 11.4 Å². The molecular formula is C11H21O4P. The highest BCUT2D eigenvalue weighted by Gasteiger charge is 2.30. The van der Waals surface area contributed by atoms with Crippen molar-refractivity contribution in [3.63, 3.8) is 0 Å². The number of carbonyl (C=O) groups is 1. The van der Waals surface area contributed by atoms with E-state index >= 15 is 0 Å². The molecule has 0 N–H and O–H groups in total. The summed E-state index contributed by atoms with van der Waals surface area (Å²) < 4.78 is 22.5. The van der Waals surface area contributed by atoms with Gasteiger partial charge in [-0.1, -0.05) is 26.8 Å². The van der Waals surface area contributed by atoms with Gasteiger partial charge in [0.15, 0.2) is 6.29 Å². The number of allylic oxidation sites excluding steroid dienone is 2. The Kier molecular flexibility index (Phi) is 6.16. The normalized spacial score (nSPS) is 13.9. The Morgan fingerprint density at radius 3 is 1.88 bits per heavy atom. The van der Waals surface area contributed by atoms with Crippen molar-refractivity contribution < 1.29 is 18.4 Å². The van der Waals surface area contributed by atoms with E-state index in [1.54, 1.807) is 19.9 Å². The summed E-state index contributed by atoms with van der Waals surface area (Å²) in [7, 11) is -3.43. The van der Waals surface area contributed by atoms with Crippen LogP contribution >= 0.6 is 7.60 Å². The van der Waals surface area contributed by atoms with Crippen molar-refractivity contribution in [3.8, 4) is 0 Å². The van der Waals surface area contributed by atoms with E-state index < -0.39 is 7.60 Å². The topological polar surface area (TPSA) is 52.6 Å². The van der Waals surface area contributed by atoms with Crippen molar-refractivity contribution in [2.75, 3.05) is 13.2 Å². The fourth-order valence-corrected chi connectivity index (χ4v) is 2.87. The van der Waals surface area contributed by atoms with Crippen molar-refractivity contribution in [1.29, 1.82) is 0 Å². The second kappa shape index (κ2) is 6.33. The Labute approximate surface area is 97.6 Å². The van der Waals surface area contributed by atoms with Gasteiger partial charge in [-0.2, -0.15) is 0 Å². The highest BCUT2D eigenvalue weighted by molar-refractivity contribution is 7.59. The minimum absolute atomic E-state index is 0.101. The number of hydrogen-bond donors (Lipinski definition) is 0. The third-order valence-electron chi connectivity index (χ3n) is 1.62. The smallest absolute Gasteiger partial charge is 0.305 e. The van der Waals surface area contributed by atoms with Gasteiger partial charge in [-0.05, 0) is 19.3 Å². The zero-order chi connectivity index (χ0) is 12.8. The van der Waals surface area contributed by atoms with Crippen LogP contribution in [0.1, 0.15) is 34.6 Å². The van der Waals surface area contributed by atoms with Gasteiger partial charge in [0.1, 0.15) is 5.31 Å². The van der Waals surface area contributed by atoms with Gasteiger partial charge in [-0.3, -0.25) is 9.36 Å². The highest BCUT2D eigenvalue weighted by atomic mass is 31.2. The molecular weight excluding hydrogens is 227 g/mol. The van der Waals surface area contributed by atoms with Gasteiger partial charge >= 0.3 is 7.60 Å². The van der Waals surface area contributed by atoms with Gasteiger partial charge < -0.3 is 9.05 Å². The van der Waals surface area contributed by atoms with Gasteiger partial charge in [0.05, 0.1) is 13.2 Å². The summed E-state index contributed by atoms with van der Waals surface area (Å²) in [5.74, 6) is 0. The van der Waals surface area contributed by atoms with Crippen LogP contribution in [-0.2, 0) is 18.4 Å². The Morgan fingerprint density at radius 2 is 1.62 bits per heavy atom. The van der Waals surface area contributed by atoms with E-state index in [0.29, 0.717) is 6.29 Å². The van der Waals surface area contributed by atoms with Gasteiger partial charge in [0.25, 0.3) is 0 Å². The lowest BCUT2D eigenvalue weighted by atomic mass is 9.96. The van der Waals surface area contributed by atoms with E-state index in [1.165, 1.54) is 0 Å². The first kappa shape index (κ1) is 15.6. The molecule has 0 radical (unpaired) electrons. The fraction of sp³-hybridized carbons (Fsp3) is 0.727. The van der Waals surface area contributed by atoms with Crippen LogP contribution in [-0.4, -0.2) is 19.5 Å². The minimum atomic E-state index is -3.43. The summed E-state index contributed by atoms with van der Waals surface area (Å²) in [5, 5.41) is 0.101. The molecule has 5 heteroatoms. The molecule has 4 nitrogen and oxygen atoms in total. The van der Waals surface area contributed by atoms with Crippen molar-refractivity contribution in [3.05, 3.63) is 11.4 Å². The average Bonchev–Trinajstić information content (AvgIpc) is 2.13. The Morgan fingerprint density at radius 1 is 1.19 bits per heavy atom. The lowest BCUT2D eigenvalue weighted by Crippen LogP contribution is -2.06. The molecule has 0 fully saturated rings. The molecule has 0 aliphatic heterocycles. The molecule has 94 valence electrons. The van der Waals surface area contributed by atoms with E-state index in [1.807, 2.05) is 20.8 Å². The maximum Gasteiger partial charge on any atom is 0.364 e.